The first kappa shape index (κ1) is 13.3. The second-order valence-electron chi connectivity index (χ2n) is 3.61. The molecule has 2 rings (SSSR count). The van der Waals surface area contributed by atoms with Crippen molar-refractivity contribution in [3.63, 3.8) is 0 Å². The Hall–Kier alpha value is -2.09. The standard InChI is InChI=1S/C11H9F2N3O2S/c12-11(13)8-5-7(16(17)18)1-2-9(8)15-6-10-14-3-4-19-10/h1-5,11,15H,6H2. The van der Waals surface area contributed by atoms with Crippen LogP contribution in [0.15, 0.2) is 29.8 Å². The number of anilines is 1. The molecule has 100 valence electrons. The largest absolute Gasteiger partial charge is 0.378 e. The van der Waals surface area contributed by atoms with E-state index in [-0.39, 0.29) is 16.9 Å². The Kier molecular flexibility index (Phi) is 4.00. The third kappa shape index (κ3) is 3.22. The van der Waals surface area contributed by atoms with Crippen molar-refractivity contribution in [2.75, 3.05) is 5.32 Å². The Morgan fingerprint density at radius 3 is 2.84 bits per heavy atom. The van der Waals surface area contributed by atoms with Crippen molar-refractivity contribution in [2.45, 2.75) is 13.0 Å². The molecule has 0 fully saturated rings. The van der Waals surface area contributed by atoms with Gasteiger partial charge in [0, 0.05) is 35.0 Å². The van der Waals surface area contributed by atoms with Crippen molar-refractivity contribution >= 4 is 22.7 Å². The molecule has 0 saturated carbocycles. The van der Waals surface area contributed by atoms with Crippen LogP contribution in [-0.2, 0) is 6.54 Å². The van der Waals surface area contributed by atoms with E-state index in [4.69, 9.17) is 0 Å². The molecule has 1 aromatic heterocycles. The average molecular weight is 285 g/mol. The highest BCUT2D eigenvalue weighted by atomic mass is 32.1. The first-order valence-electron chi connectivity index (χ1n) is 5.26. The molecule has 0 aliphatic carbocycles. The molecule has 0 saturated heterocycles. The van der Waals surface area contributed by atoms with E-state index in [1.807, 2.05) is 0 Å². The van der Waals surface area contributed by atoms with Gasteiger partial charge in [-0.05, 0) is 6.07 Å². The zero-order chi connectivity index (χ0) is 13.8. The predicted molar refractivity (Wildman–Crippen MR) is 67.5 cm³/mol. The minimum absolute atomic E-state index is 0.177. The molecule has 0 unspecified atom stereocenters. The molecule has 1 N–H and O–H groups in total. The van der Waals surface area contributed by atoms with Gasteiger partial charge in [0.2, 0.25) is 0 Å². The summed E-state index contributed by atoms with van der Waals surface area (Å²) in [5, 5.41) is 15.9. The smallest absolute Gasteiger partial charge is 0.270 e. The minimum Gasteiger partial charge on any atom is -0.378 e. The topological polar surface area (TPSA) is 68.1 Å². The van der Waals surface area contributed by atoms with Gasteiger partial charge in [0.25, 0.3) is 12.1 Å². The molecular formula is C11H9F2N3O2S. The first-order valence-corrected chi connectivity index (χ1v) is 6.14. The number of alkyl halides is 2. The number of nitrogens with one attached hydrogen (secondary N) is 1. The van der Waals surface area contributed by atoms with Crippen LogP contribution in [0.1, 0.15) is 17.0 Å². The van der Waals surface area contributed by atoms with Gasteiger partial charge in [-0.3, -0.25) is 10.1 Å². The molecular weight excluding hydrogens is 276 g/mol. The van der Waals surface area contributed by atoms with E-state index in [0.717, 1.165) is 11.1 Å². The molecule has 0 amide bonds. The molecule has 8 heteroatoms. The molecule has 0 bridgehead atoms. The lowest BCUT2D eigenvalue weighted by atomic mass is 10.1. The molecule has 0 spiro atoms. The number of thiazole rings is 1. The SMILES string of the molecule is O=[N+]([O-])c1ccc(NCc2nccs2)c(C(F)F)c1. The van der Waals surface area contributed by atoms with Gasteiger partial charge in [-0.1, -0.05) is 0 Å². The Morgan fingerprint density at radius 2 is 2.26 bits per heavy atom. The fourth-order valence-corrected chi connectivity index (χ4v) is 2.07. The lowest BCUT2D eigenvalue weighted by Crippen LogP contribution is -2.03. The fourth-order valence-electron chi connectivity index (χ4n) is 1.52. The molecule has 19 heavy (non-hydrogen) atoms. The highest BCUT2D eigenvalue weighted by Gasteiger charge is 2.17. The Balaban J connectivity index is 2.21. The number of nitrogens with zero attached hydrogens (tertiary/aromatic N) is 2. The zero-order valence-electron chi connectivity index (χ0n) is 9.55. The van der Waals surface area contributed by atoms with Gasteiger partial charge in [-0.25, -0.2) is 13.8 Å². The van der Waals surface area contributed by atoms with Gasteiger partial charge in [0.15, 0.2) is 0 Å². The molecule has 0 aliphatic rings. The van der Waals surface area contributed by atoms with Crippen LogP contribution in [0.3, 0.4) is 0 Å². The van der Waals surface area contributed by atoms with E-state index in [2.05, 4.69) is 10.3 Å². The minimum atomic E-state index is -2.78. The van der Waals surface area contributed by atoms with Crippen molar-refractivity contribution in [2.24, 2.45) is 0 Å². The van der Waals surface area contributed by atoms with E-state index in [9.17, 15) is 18.9 Å². The molecule has 2 aromatic rings. The summed E-state index contributed by atoms with van der Waals surface area (Å²) in [5.74, 6) is 0. The first-order chi connectivity index (χ1) is 9.08. The van der Waals surface area contributed by atoms with Crippen molar-refractivity contribution in [1.29, 1.82) is 0 Å². The van der Waals surface area contributed by atoms with E-state index in [1.165, 1.54) is 23.5 Å². The third-order valence-electron chi connectivity index (χ3n) is 2.39. The quantitative estimate of drug-likeness (QED) is 0.673. The zero-order valence-corrected chi connectivity index (χ0v) is 10.4. The van der Waals surface area contributed by atoms with Gasteiger partial charge in [0.1, 0.15) is 5.01 Å². The highest BCUT2D eigenvalue weighted by molar-refractivity contribution is 7.09. The summed E-state index contributed by atoms with van der Waals surface area (Å²) >= 11 is 1.40. The van der Waals surface area contributed by atoms with Crippen LogP contribution >= 0.6 is 11.3 Å². The van der Waals surface area contributed by atoms with Gasteiger partial charge in [-0.2, -0.15) is 0 Å². The monoisotopic (exact) mass is 285 g/mol. The summed E-state index contributed by atoms with van der Waals surface area (Å²) in [4.78, 5) is 13.9. The van der Waals surface area contributed by atoms with Gasteiger partial charge < -0.3 is 5.32 Å². The van der Waals surface area contributed by atoms with Gasteiger partial charge in [0.05, 0.1) is 11.5 Å². The number of aromatic nitrogens is 1. The summed E-state index contributed by atoms with van der Waals surface area (Å²) in [6.07, 6.45) is -1.16. The number of hydrogen-bond acceptors (Lipinski definition) is 5. The normalized spacial score (nSPS) is 10.7. The average Bonchev–Trinajstić information content (AvgIpc) is 2.89. The number of halogens is 2. The number of rotatable bonds is 5. The van der Waals surface area contributed by atoms with Crippen LogP contribution in [0.5, 0.6) is 0 Å². The Morgan fingerprint density at radius 1 is 1.47 bits per heavy atom. The van der Waals surface area contributed by atoms with Crippen molar-refractivity contribution in [3.8, 4) is 0 Å². The van der Waals surface area contributed by atoms with Gasteiger partial charge in [-0.15, -0.1) is 11.3 Å². The van der Waals surface area contributed by atoms with Crippen LogP contribution < -0.4 is 5.32 Å². The van der Waals surface area contributed by atoms with Crippen LogP contribution in [0.2, 0.25) is 0 Å². The summed E-state index contributed by atoms with van der Waals surface area (Å²) in [5.41, 5.74) is -0.559. The molecule has 1 aromatic carbocycles. The number of nitro groups is 1. The maximum Gasteiger partial charge on any atom is 0.270 e. The fraction of sp³-hybridized carbons (Fsp3) is 0.182. The molecule has 0 aliphatic heterocycles. The summed E-state index contributed by atoms with van der Waals surface area (Å²) in [6, 6.07) is 3.36. The Labute approximate surface area is 111 Å². The van der Waals surface area contributed by atoms with Crippen molar-refractivity contribution in [1.82, 2.24) is 4.98 Å². The third-order valence-corrected chi connectivity index (χ3v) is 3.17. The maximum absolute atomic E-state index is 12.9. The van der Waals surface area contributed by atoms with Crippen molar-refractivity contribution < 1.29 is 13.7 Å². The molecule has 1 heterocycles. The van der Waals surface area contributed by atoms with E-state index in [1.54, 1.807) is 11.6 Å². The summed E-state index contributed by atoms with van der Waals surface area (Å²) < 4.78 is 25.7. The molecule has 0 atom stereocenters. The number of non-ortho nitro benzene ring substituents is 1. The predicted octanol–water partition coefficient (Wildman–Crippen LogP) is 3.60. The van der Waals surface area contributed by atoms with Crippen LogP contribution in [0, 0.1) is 10.1 Å². The van der Waals surface area contributed by atoms with E-state index < -0.39 is 11.3 Å². The number of nitro benzene ring substituents is 1. The van der Waals surface area contributed by atoms with E-state index in [0.29, 0.717) is 6.54 Å². The summed E-state index contributed by atoms with van der Waals surface area (Å²) in [6.45, 7) is 0.301. The van der Waals surface area contributed by atoms with Crippen molar-refractivity contribution in [3.05, 3.63) is 50.5 Å². The van der Waals surface area contributed by atoms with Crippen LogP contribution in [0.4, 0.5) is 20.2 Å². The lowest BCUT2D eigenvalue weighted by molar-refractivity contribution is -0.385. The van der Waals surface area contributed by atoms with Gasteiger partial charge >= 0.3 is 0 Å². The highest BCUT2D eigenvalue weighted by Crippen LogP contribution is 2.31. The second kappa shape index (κ2) is 5.70. The second-order valence-corrected chi connectivity index (χ2v) is 4.59. The molecule has 5 nitrogen and oxygen atoms in total. The van der Waals surface area contributed by atoms with Crippen LogP contribution in [-0.4, -0.2) is 9.91 Å². The number of benzene rings is 1. The molecule has 0 radical (unpaired) electrons. The van der Waals surface area contributed by atoms with Crippen LogP contribution in [0.25, 0.3) is 0 Å². The lowest BCUT2D eigenvalue weighted by Gasteiger charge is -2.10. The maximum atomic E-state index is 12.9. The van der Waals surface area contributed by atoms with E-state index >= 15 is 0 Å². The summed E-state index contributed by atoms with van der Waals surface area (Å²) in [7, 11) is 0. The Bertz CT molecular complexity index is 575. The number of hydrogen-bond donors (Lipinski definition) is 1.